The smallest absolute Gasteiger partial charge is 0.315 e. The van der Waals surface area contributed by atoms with Crippen LogP contribution in [0.5, 0.6) is 0 Å². The Hall–Kier alpha value is -1.60. The quantitative estimate of drug-likeness (QED) is 0.426. The SMILES string of the molecule is C=CCCOCCNC(=O)NC1COCC1C(=O)O. The lowest BCUT2D eigenvalue weighted by Crippen LogP contribution is -2.47. The van der Waals surface area contributed by atoms with Gasteiger partial charge in [-0.1, -0.05) is 6.08 Å². The van der Waals surface area contributed by atoms with Crippen molar-refractivity contribution >= 4 is 12.0 Å². The van der Waals surface area contributed by atoms with E-state index in [1.165, 1.54) is 0 Å². The van der Waals surface area contributed by atoms with Gasteiger partial charge in [-0.2, -0.15) is 0 Å². The van der Waals surface area contributed by atoms with Gasteiger partial charge < -0.3 is 25.2 Å². The predicted molar refractivity (Wildman–Crippen MR) is 67.9 cm³/mol. The van der Waals surface area contributed by atoms with E-state index >= 15 is 0 Å². The number of rotatable bonds is 8. The molecule has 3 N–H and O–H groups in total. The number of hydrogen-bond acceptors (Lipinski definition) is 4. The van der Waals surface area contributed by atoms with E-state index in [1.807, 2.05) is 0 Å². The topological polar surface area (TPSA) is 96.9 Å². The van der Waals surface area contributed by atoms with Crippen LogP contribution >= 0.6 is 0 Å². The molecule has 0 aliphatic carbocycles. The van der Waals surface area contributed by atoms with Gasteiger partial charge in [0.25, 0.3) is 0 Å². The van der Waals surface area contributed by atoms with Crippen LogP contribution in [-0.4, -0.2) is 56.1 Å². The van der Waals surface area contributed by atoms with Gasteiger partial charge >= 0.3 is 12.0 Å². The average molecular weight is 272 g/mol. The number of urea groups is 1. The van der Waals surface area contributed by atoms with Crippen molar-refractivity contribution in [3.05, 3.63) is 12.7 Å². The standard InChI is InChI=1S/C12H20N2O5/c1-2-3-5-18-6-4-13-12(17)14-10-8-19-7-9(10)11(15)16/h2,9-10H,1,3-8H2,(H,15,16)(H2,13,14,17). The summed E-state index contributed by atoms with van der Waals surface area (Å²) in [5.41, 5.74) is 0. The third-order valence-corrected chi connectivity index (χ3v) is 2.71. The second kappa shape index (κ2) is 8.49. The van der Waals surface area contributed by atoms with E-state index in [1.54, 1.807) is 6.08 Å². The number of carboxylic acid groups (broad SMARTS) is 1. The van der Waals surface area contributed by atoms with Crippen LogP contribution in [0.4, 0.5) is 4.79 Å². The van der Waals surface area contributed by atoms with E-state index < -0.39 is 24.0 Å². The predicted octanol–water partition coefficient (Wildman–Crippen LogP) is -0.0221. The molecule has 2 unspecified atom stereocenters. The Labute approximate surface area is 112 Å². The van der Waals surface area contributed by atoms with Crippen LogP contribution < -0.4 is 10.6 Å². The molecule has 0 saturated carbocycles. The van der Waals surface area contributed by atoms with Gasteiger partial charge in [0, 0.05) is 6.54 Å². The van der Waals surface area contributed by atoms with Gasteiger partial charge in [0.2, 0.25) is 0 Å². The van der Waals surface area contributed by atoms with Crippen molar-refractivity contribution in [2.45, 2.75) is 12.5 Å². The second-order valence-electron chi connectivity index (χ2n) is 4.18. The molecule has 0 aromatic rings. The molecular formula is C12H20N2O5. The minimum absolute atomic E-state index is 0.130. The first-order chi connectivity index (χ1) is 9.15. The number of hydrogen-bond donors (Lipinski definition) is 3. The van der Waals surface area contributed by atoms with Gasteiger partial charge in [0.15, 0.2) is 0 Å². The van der Waals surface area contributed by atoms with Gasteiger partial charge in [-0.25, -0.2) is 4.79 Å². The molecule has 2 amide bonds. The van der Waals surface area contributed by atoms with E-state index in [-0.39, 0.29) is 13.2 Å². The zero-order valence-electron chi connectivity index (χ0n) is 10.8. The molecule has 7 nitrogen and oxygen atoms in total. The van der Waals surface area contributed by atoms with Gasteiger partial charge in [0.1, 0.15) is 5.92 Å². The summed E-state index contributed by atoms with van der Waals surface area (Å²) in [6, 6.07) is -0.895. The van der Waals surface area contributed by atoms with Crippen molar-refractivity contribution in [1.29, 1.82) is 0 Å². The molecule has 0 aromatic carbocycles. The summed E-state index contributed by atoms with van der Waals surface area (Å²) in [5, 5.41) is 14.1. The number of amides is 2. The molecule has 2 atom stereocenters. The summed E-state index contributed by atoms with van der Waals surface area (Å²) in [6.45, 7) is 5.27. The maximum absolute atomic E-state index is 11.5. The van der Waals surface area contributed by atoms with Crippen molar-refractivity contribution in [2.24, 2.45) is 5.92 Å². The van der Waals surface area contributed by atoms with Crippen molar-refractivity contribution in [1.82, 2.24) is 10.6 Å². The van der Waals surface area contributed by atoms with Crippen molar-refractivity contribution in [2.75, 3.05) is 33.0 Å². The summed E-state index contributed by atoms with van der Waals surface area (Å²) in [4.78, 5) is 22.4. The maximum Gasteiger partial charge on any atom is 0.315 e. The lowest BCUT2D eigenvalue weighted by molar-refractivity contribution is -0.142. The number of nitrogens with one attached hydrogen (secondary N) is 2. The fraction of sp³-hybridized carbons (Fsp3) is 0.667. The second-order valence-corrected chi connectivity index (χ2v) is 4.18. The monoisotopic (exact) mass is 272 g/mol. The van der Waals surface area contributed by atoms with E-state index in [0.717, 1.165) is 6.42 Å². The zero-order chi connectivity index (χ0) is 14.1. The first-order valence-corrected chi connectivity index (χ1v) is 6.18. The number of carbonyl (C=O) groups excluding carboxylic acids is 1. The minimum atomic E-state index is -0.962. The van der Waals surface area contributed by atoms with Crippen molar-refractivity contribution in [3.63, 3.8) is 0 Å². The highest BCUT2D eigenvalue weighted by atomic mass is 16.5. The first-order valence-electron chi connectivity index (χ1n) is 6.18. The first kappa shape index (κ1) is 15.5. The fourth-order valence-electron chi connectivity index (χ4n) is 1.66. The van der Waals surface area contributed by atoms with Crippen LogP contribution in [-0.2, 0) is 14.3 Å². The normalized spacial score (nSPS) is 21.9. The lowest BCUT2D eigenvalue weighted by atomic mass is 10.0. The molecule has 0 aromatic heterocycles. The molecule has 1 heterocycles. The lowest BCUT2D eigenvalue weighted by Gasteiger charge is -2.16. The Bertz CT molecular complexity index is 321. The van der Waals surface area contributed by atoms with Crippen LogP contribution in [0.3, 0.4) is 0 Å². The number of ether oxygens (including phenoxy) is 2. The van der Waals surface area contributed by atoms with Crippen LogP contribution in [0.1, 0.15) is 6.42 Å². The summed E-state index contributed by atoms with van der Waals surface area (Å²) < 4.78 is 10.3. The maximum atomic E-state index is 11.5. The van der Waals surface area contributed by atoms with E-state index in [2.05, 4.69) is 17.2 Å². The Morgan fingerprint density at radius 2 is 2.21 bits per heavy atom. The highest BCUT2D eigenvalue weighted by molar-refractivity contribution is 5.77. The van der Waals surface area contributed by atoms with E-state index in [4.69, 9.17) is 14.6 Å². The third-order valence-electron chi connectivity index (χ3n) is 2.71. The average Bonchev–Trinajstić information content (AvgIpc) is 2.81. The molecule has 7 heteroatoms. The molecule has 1 rings (SSSR count). The third kappa shape index (κ3) is 5.71. The van der Waals surface area contributed by atoms with Gasteiger partial charge in [-0.05, 0) is 6.42 Å². The molecular weight excluding hydrogens is 252 g/mol. The fourth-order valence-corrected chi connectivity index (χ4v) is 1.66. The molecule has 0 spiro atoms. The number of carboxylic acids is 1. The minimum Gasteiger partial charge on any atom is -0.481 e. The van der Waals surface area contributed by atoms with Gasteiger partial charge in [-0.15, -0.1) is 6.58 Å². The summed E-state index contributed by atoms with van der Waals surface area (Å²) in [5.74, 6) is -1.65. The Morgan fingerprint density at radius 1 is 1.42 bits per heavy atom. The highest BCUT2D eigenvalue weighted by Gasteiger charge is 2.34. The van der Waals surface area contributed by atoms with E-state index in [0.29, 0.717) is 19.8 Å². The Morgan fingerprint density at radius 3 is 2.89 bits per heavy atom. The van der Waals surface area contributed by atoms with Crippen molar-refractivity contribution < 1.29 is 24.2 Å². The Kier molecular flexibility index (Phi) is 6.91. The summed E-state index contributed by atoms with van der Waals surface area (Å²) >= 11 is 0. The molecule has 0 radical (unpaired) electrons. The largest absolute Gasteiger partial charge is 0.481 e. The van der Waals surface area contributed by atoms with Crippen molar-refractivity contribution in [3.8, 4) is 0 Å². The van der Waals surface area contributed by atoms with Crippen LogP contribution in [0.25, 0.3) is 0 Å². The molecule has 108 valence electrons. The molecule has 1 fully saturated rings. The molecule has 1 aliphatic heterocycles. The van der Waals surface area contributed by atoms with Crippen LogP contribution in [0.2, 0.25) is 0 Å². The highest BCUT2D eigenvalue weighted by Crippen LogP contribution is 2.13. The Balaban J connectivity index is 2.13. The molecule has 0 bridgehead atoms. The number of carbonyl (C=O) groups is 2. The van der Waals surface area contributed by atoms with Crippen LogP contribution in [0.15, 0.2) is 12.7 Å². The molecule has 1 saturated heterocycles. The molecule has 1 aliphatic rings. The zero-order valence-corrected chi connectivity index (χ0v) is 10.8. The van der Waals surface area contributed by atoms with E-state index in [9.17, 15) is 9.59 Å². The van der Waals surface area contributed by atoms with Gasteiger partial charge in [-0.3, -0.25) is 4.79 Å². The summed E-state index contributed by atoms with van der Waals surface area (Å²) in [7, 11) is 0. The number of aliphatic carboxylic acids is 1. The van der Waals surface area contributed by atoms with Gasteiger partial charge in [0.05, 0.1) is 32.5 Å². The molecule has 19 heavy (non-hydrogen) atoms. The summed E-state index contributed by atoms with van der Waals surface area (Å²) in [6.07, 6.45) is 2.53. The van der Waals surface area contributed by atoms with Crippen LogP contribution in [0, 0.1) is 5.92 Å².